The van der Waals surface area contributed by atoms with Crippen LogP contribution in [0.15, 0.2) is 71.9 Å². The molecular formula is C23H22N2O5S. The number of rotatable bonds is 6. The van der Waals surface area contributed by atoms with E-state index < -0.39 is 23.4 Å². The molecule has 1 amide bonds. The number of esters is 2. The van der Waals surface area contributed by atoms with Crippen molar-refractivity contribution >= 4 is 29.6 Å². The molecule has 2 N–H and O–H groups in total. The van der Waals surface area contributed by atoms with Gasteiger partial charge in [0.1, 0.15) is 12.3 Å². The van der Waals surface area contributed by atoms with Crippen molar-refractivity contribution in [3.05, 3.63) is 83.1 Å². The van der Waals surface area contributed by atoms with Crippen LogP contribution in [0.2, 0.25) is 0 Å². The predicted molar refractivity (Wildman–Crippen MR) is 115 cm³/mol. The molecule has 8 heteroatoms. The molecule has 2 aliphatic heterocycles. The number of benzene rings is 2. The van der Waals surface area contributed by atoms with Gasteiger partial charge in [0.2, 0.25) is 5.91 Å². The number of thioether (sulfide) groups is 1. The Morgan fingerprint density at radius 3 is 2.19 bits per heavy atom. The molecule has 0 spiro atoms. The average molecular weight is 439 g/mol. The average Bonchev–Trinajstić information content (AvgIpc) is 2.76. The van der Waals surface area contributed by atoms with Crippen LogP contribution in [0.3, 0.4) is 0 Å². The third kappa shape index (κ3) is 4.35. The molecule has 1 saturated heterocycles. The lowest BCUT2D eigenvalue weighted by Gasteiger charge is -2.46. The summed E-state index contributed by atoms with van der Waals surface area (Å²) >= 11 is 1.36. The number of nitrogens with two attached hydrogens (primary N) is 1. The fourth-order valence-corrected chi connectivity index (χ4v) is 4.88. The first kappa shape index (κ1) is 21.1. The van der Waals surface area contributed by atoms with Crippen LogP contribution in [0.1, 0.15) is 30.6 Å². The molecule has 31 heavy (non-hydrogen) atoms. The molecule has 7 nitrogen and oxygen atoms in total. The second kappa shape index (κ2) is 8.95. The van der Waals surface area contributed by atoms with Crippen LogP contribution in [0.25, 0.3) is 0 Å². The molecule has 2 aromatic carbocycles. The first-order chi connectivity index (χ1) is 15.0. The molecule has 2 aromatic rings. The Morgan fingerprint density at radius 2 is 1.68 bits per heavy atom. The van der Waals surface area contributed by atoms with Gasteiger partial charge in [-0.1, -0.05) is 60.7 Å². The van der Waals surface area contributed by atoms with Crippen molar-refractivity contribution in [1.29, 1.82) is 0 Å². The van der Waals surface area contributed by atoms with Gasteiger partial charge in [-0.05, 0) is 11.1 Å². The van der Waals surface area contributed by atoms with Gasteiger partial charge in [0.15, 0.2) is 6.10 Å². The van der Waals surface area contributed by atoms with E-state index >= 15 is 0 Å². The van der Waals surface area contributed by atoms with E-state index in [-0.39, 0.29) is 23.6 Å². The van der Waals surface area contributed by atoms with Gasteiger partial charge in [-0.2, -0.15) is 0 Å². The monoisotopic (exact) mass is 438 g/mol. The molecule has 1 fully saturated rings. The lowest BCUT2D eigenvalue weighted by molar-refractivity contribution is -0.152. The van der Waals surface area contributed by atoms with Crippen LogP contribution in [0.4, 0.5) is 0 Å². The van der Waals surface area contributed by atoms with Crippen LogP contribution >= 0.6 is 11.8 Å². The summed E-state index contributed by atoms with van der Waals surface area (Å²) in [6.07, 6.45) is -0.366. The number of β-lactam (4-membered cyclic amide) rings is 1. The molecule has 2 aliphatic rings. The topological polar surface area (TPSA) is 98.9 Å². The van der Waals surface area contributed by atoms with E-state index in [9.17, 15) is 14.4 Å². The van der Waals surface area contributed by atoms with Crippen molar-refractivity contribution in [2.75, 3.05) is 6.61 Å². The number of amides is 1. The largest absolute Gasteiger partial charge is 0.461 e. The van der Waals surface area contributed by atoms with Gasteiger partial charge in [-0.15, -0.1) is 11.8 Å². The fourth-order valence-electron chi connectivity index (χ4n) is 3.61. The molecule has 0 radical (unpaired) electrons. The summed E-state index contributed by atoms with van der Waals surface area (Å²) in [6, 6.07) is 18.7. The van der Waals surface area contributed by atoms with Crippen molar-refractivity contribution in [3.8, 4) is 0 Å². The zero-order valence-electron chi connectivity index (χ0n) is 16.9. The van der Waals surface area contributed by atoms with Gasteiger partial charge in [-0.3, -0.25) is 14.5 Å². The molecule has 0 aliphatic carbocycles. The van der Waals surface area contributed by atoms with Crippen LogP contribution in [-0.4, -0.2) is 40.1 Å². The van der Waals surface area contributed by atoms with E-state index in [1.165, 1.54) is 23.6 Å². The molecule has 4 rings (SSSR count). The quantitative estimate of drug-likeness (QED) is 0.547. The molecule has 0 aromatic heterocycles. The van der Waals surface area contributed by atoms with Gasteiger partial charge in [0, 0.05) is 12.5 Å². The van der Waals surface area contributed by atoms with Crippen LogP contribution in [0.5, 0.6) is 0 Å². The maximum atomic E-state index is 13.4. The summed E-state index contributed by atoms with van der Waals surface area (Å²) in [7, 11) is 0. The van der Waals surface area contributed by atoms with Crippen molar-refractivity contribution in [1.82, 2.24) is 4.90 Å². The van der Waals surface area contributed by atoms with Crippen molar-refractivity contribution in [3.63, 3.8) is 0 Å². The van der Waals surface area contributed by atoms with E-state index in [0.717, 1.165) is 11.1 Å². The zero-order chi connectivity index (χ0) is 22.0. The second-order valence-electron chi connectivity index (χ2n) is 7.24. The minimum atomic E-state index is -0.673. The third-order valence-corrected chi connectivity index (χ3v) is 6.42. The van der Waals surface area contributed by atoms with Gasteiger partial charge in [0.25, 0.3) is 0 Å². The highest BCUT2D eigenvalue weighted by Crippen LogP contribution is 2.43. The molecule has 1 unspecified atom stereocenters. The van der Waals surface area contributed by atoms with Crippen LogP contribution in [-0.2, 0) is 23.9 Å². The Labute approximate surface area is 184 Å². The summed E-state index contributed by atoms with van der Waals surface area (Å²) in [6.45, 7) is 1.10. The molecule has 2 atom stereocenters. The van der Waals surface area contributed by atoms with E-state index in [2.05, 4.69) is 0 Å². The summed E-state index contributed by atoms with van der Waals surface area (Å²) in [5.41, 5.74) is 8.28. The van der Waals surface area contributed by atoms with Gasteiger partial charge in [-0.25, -0.2) is 4.79 Å². The maximum absolute atomic E-state index is 13.4. The summed E-state index contributed by atoms with van der Waals surface area (Å²) in [5.74, 6) is -1.36. The first-order valence-electron chi connectivity index (χ1n) is 9.86. The fraction of sp³-hybridized carbons (Fsp3) is 0.261. The van der Waals surface area contributed by atoms with Gasteiger partial charge >= 0.3 is 11.9 Å². The number of fused-ring (bicyclic) bond motifs is 1. The smallest absolute Gasteiger partial charge is 0.356 e. The van der Waals surface area contributed by atoms with Crippen molar-refractivity contribution in [2.24, 2.45) is 5.73 Å². The Hall–Kier alpha value is -3.10. The Balaban J connectivity index is 1.70. The third-order valence-electron chi connectivity index (χ3n) is 5.15. The van der Waals surface area contributed by atoms with E-state index in [1.807, 2.05) is 60.7 Å². The van der Waals surface area contributed by atoms with Crippen molar-refractivity contribution in [2.45, 2.75) is 30.2 Å². The lowest BCUT2D eigenvalue weighted by Crippen LogP contribution is -2.57. The summed E-state index contributed by atoms with van der Waals surface area (Å²) in [5, 5.41) is -0.804. The number of carbonyl (C=O) groups excluding carboxylic acids is 3. The number of hydrogen-bond donors (Lipinski definition) is 1. The number of hydrogen-bond acceptors (Lipinski definition) is 7. The SMILES string of the molecule is CC(=O)OCC1=C(C(=O)OC(c2ccccc2)c2ccccc2)N2C(=O)C[C@H]2SC1N. The molecule has 0 bridgehead atoms. The highest BCUT2D eigenvalue weighted by molar-refractivity contribution is 8.00. The highest BCUT2D eigenvalue weighted by Gasteiger charge is 2.48. The van der Waals surface area contributed by atoms with Gasteiger partial charge in [0.05, 0.1) is 17.2 Å². The minimum absolute atomic E-state index is 0.0746. The van der Waals surface area contributed by atoms with Crippen LogP contribution < -0.4 is 5.73 Å². The minimum Gasteiger partial charge on any atom is -0.461 e. The summed E-state index contributed by atoms with van der Waals surface area (Å²) < 4.78 is 11.1. The number of carbonyl (C=O) groups is 3. The molecular weight excluding hydrogens is 416 g/mol. The first-order valence-corrected chi connectivity index (χ1v) is 10.8. The van der Waals surface area contributed by atoms with E-state index in [4.69, 9.17) is 15.2 Å². The van der Waals surface area contributed by atoms with E-state index in [1.54, 1.807) is 0 Å². The standard InChI is InChI=1S/C23H22N2O5S/c1-14(26)29-13-17-20(25-18(27)12-19(25)31-22(17)24)23(28)30-21(15-8-4-2-5-9-15)16-10-6-3-7-11-16/h2-11,19,21-22H,12-13,24H2,1H3/t19-,22?/m1/s1. The summed E-state index contributed by atoms with van der Waals surface area (Å²) in [4.78, 5) is 38.5. The normalized spacial score (nSPS) is 20.2. The molecule has 2 heterocycles. The zero-order valence-corrected chi connectivity index (χ0v) is 17.7. The Kier molecular flexibility index (Phi) is 6.11. The number of nitrogens with zero attached hydrogens (tertiary/aromatic N) is 1. The Bertz CT molecular complexity index is 985. The van der Waals surface area contributed by atoms with E-state index in [0.29, 0.717) is 12.0 Å². The molecule has 160 valence electrons. The van der Waals surface area contributed by atoms with Gasteiger partial charge < -0.3 is 15.2 Å². The maximum Gasteiger partial charge on any atom is 0.356 e. The van der Waals surface area contributed by atoms with Crippen LogP contribution in [0, 0.1) is 0 Å². The molecule has 0 saturated carbocycles. The lowest BCUT2D eigenvalue weighted by atomic mass is 10.0. The Morgan fingerprint density at radius 1 is 1.10 bits per heavy atom. The van der Waals surface area contributed by atoms with Crippen molar-refractivity contribution < 1.29 is 23.9 Å². The second-order valence-corrected chi connectivity index (χ2v) is 8.56. The number of ether oxygens (including phenoxy) is 2. The highest BCUT2D eigenvalue weighted by atomic mass is 32.2. The predicted octanol–water partition coefficient (Wildman–Crippen LogP) is 2.73.